The summed E-state index contributed by atoms with van der Waals surface area (Å²) in [7, 11) is -5.41. The average Bonchev–Trinajstić information content (AvgIpc) is 1.85. The molecule has 0 aromatic carbocycles. The molecule has 65 valence electrons. The molecule has 1 rings (SSSR count). The van der Waals surface area contributed by atoms with Gasteiger partial charge in [0.05, 0.1) is 6.61 Å². The van der Waals surface area contributed by atoms with Crippen molar-refractivity contribution in [2.75, 3.05) is 6.61 Å². The molecule has 1 N–H and O–H groups in total. The minimum absolute atomic E-state index is 0. The van der Waals surface area contributed by atoms with Gasteiger partial charge in [0, 0.05) is 148 Å². The molecule has 2 atom stereocenters. The van der Waals surface area contributed by atoms with Gasteiger partial charge in [0.1, 0.15) is 0 Å². The Morgan fingerprint density at radius 2 is 1.27 bits per heavy atom. The van der Waals surface area contributed by atoms with Crippen molar-refractivity contribution in [2.24, 2.45) is 0 Å². The maximum Gasteiger partial charge on any atom is 0.328 e. The number of rotatable bonds is 1. The Morgan fingerprint density at radius 3 is 1.53 bits per heavy atom. The van der Waals surface area contributed by atoms with Gasteiger partial charge < -0.3 is 5.11 Å². The van der Waals surface area contributed by atoms with Crippen LogP contribution in [-0.2, 0) is 22.5 Å². The second-order valence-electron chi connectivity index (χ2n) is 1.45. The molecule has 0 aromatic heterocycles. The summed E-state index contributed by atoms with van der Waals surface area (Å²) in [4.78, 5) is 0. The molecule has 6 nitrogen and oxygen atoms in total. The number of hydrogen-bond donors (Lipinski definition) is 1. The third kappa shape index (κ3) is 15.5. The van der Waals surface area contributed by atoms with E-state index in [4.69, 9.17) is 5.11 Å². The molecule has 1 saturated heterocycles. The van der Waals surface area contributed by atoms with Gasteiger partial charge in [-0.15, -0.1) is 0 Å². The molecular formula is C2H6Na5O6P2. The first-order valence-electron chi connectivity index (χ1n) is 2.42. The smallest absolute Gasteiger partial charge is 0.328 e. The van der Waals surface area contributed by atoms with Crippen molar-refractivity contribution in [3.8, 4) is 0 Å². The van der Waals surface area contributed by atoms with E-state index in [1.807, 2.05) is 0 Å². The molecule has 1 aliphatic heterocycles. The second-order valence-corrected chi connectivity index (χ2v) is 3.74. The Bertz CT molecular complexity index is 165. The van der Waals surface area contributed by atoms with Crippen molar-refractivity contribution < 1.29 is 27.6 Å². The number of aliphatic hydroxyl groups is 1. The molecule has 0 saturated carbocycles. The van der Waals surface area contributed by atoms with Crippen molar-refractivity contribution in [3.05, 3.63) is 0 Å². The third-order valence-corrected chi connectivity index (χ3v) is 3.02. The maximum absolute atomic E-state index is 10.4. The van der Waals surface area contributed by atoms with Gasteiger partial charge in [-0.3, -0.25) is 18.2 Å². The Morgan fingerprint density at radius 1 is 0.933 bits per heavy atom. The molecule has 2 unspecified atom stereocenters. The largest absolute Gasteiger partial charge is 0.391 e. The van der Waals surface area contributed by atoms with E-state index in [0.29, 0.717) is 0 Å². The normalized spacial score (nSPS) is 27.7. The molecule has 0 aromatic rings. The van der Waals surface area contributed by atoms with Crippen molar-refractivity contribution in [1.82, 2.24) is 0 Å². The first-order chi connectivity index (χ1) is 4.72. The fourth-order valence-corrected chi connectivity index (χ4v) is 2.13. The van der Waals surface area contributed by atoms with Crippen molar-refractivity contribution in [2.45, 2.75) is 6.29 Å². The average molecular weight is 303 g/mol. The van der Waals surface area contributed by atoms with Crippen LogP contribution in [0.15, 0.2) is 0 Å². The Labute approximate surface area is 200 Å². The summed E-state index contributed by atoms with van der Waals surface area (Å²) in [6.45, 7) is -0.476. The van der Waals surface area contributed by atoms with E-state index in [1.54, 1.807) is 0 Å². The van der Waals surface area contributed by atoms with Crippen LogP contribution in [0.25, 0.3) is 0 Å². The van der Waals surface area contributed by atoms with Gasteiger partial charge >= 0.3 is 16.5 Å². The predicted octanol–water partition coefficient (Wildman–Crippen LogP) is -1.76. The van der Waals surface area contributed by atoms with Crippen molar-refractivity contribution in [3.63, 3.8) is 0 Å². The molecular weight excluding hydrogens is 297 g/mol. The third-order valence-electron chi connectivity index (χ3n) is 0.771. The Hall–Kier alpha value is 5.30. The van der Waals surface area contributed by atoms with E-state index in [2.05, 4.69) is 13.4 Å². The van der Waals surface area contributed by atoms with Crippen LogP contribution in [0.3, 0.4) is 0 Å². The van der Waals surface area contributed by atoms with E-state index < -0.39 is 29.4 Å². The van der Waals surface area contributed by atoms with Gasteiger partial charge in [-0.05, 0) is 0 Å². The van der Waals surface area contributed by atoms with Gasteiger partial charge in [-0.1, -0.05) is 0 Å². The molecule has 1 aliphatic rings. The van der Waals surface area contributed by atoms with Gasteiger partial charge in [0.2, 0.25) is 0 Å². The summed E-state index contributed by atoms with van der Waals surface area (Å²) in [5.74, 6) is 0. The van der Waals surface area contributed by atoms with Crippen molar-refractivity contribution in [1.29, 1.82) is 0 Å². The summed E-state index contributed by atoms with van der Waals surface area (Å²) in [5.41, 5.74) is 0. The van der Waals surface area contributed by atoms with E-state index in [0.717, 1.165) is 0 Å². The predicted molar refractivity (Wildman–Crippen MR) is 60.9 cm³/mol. The monoisotopic (exact) mass is 303 g/mol. The number of aliphatic hydroxyl groups excluding tert-OH is 1. The fraction of sp³-hybridized carbons (Fsp3) is 1.00. The first kappa shape index (κ1) is 32.3. The van der Waals surface area contributed by atoms with Crippen LogP contribution >= 0.6 is 16.5 Å². The van der Waals surface area contributed by atoms with E-state index in [-0.39, 0.29) is 148 Å². The van der Waals surface area contributed by atoms with E-state index in [1.165, 1.54) is 0 Å². The first-order valence-corrected chi connectivity index (χ1v) is 4.87. The molecule has 0 spiro atoms. The minimum Gasteiger partial charge on any atom is -0.391 e. The van der Waals surface area contributed by atoms with Gasteiger partial charge in [-0.25, -0.2) is 4.31 Å². The van der Waals surface area contributed by atoms with Gasteiger partial charge in [-0.2, -0.15) is 0 Å². The number of hydrogen-bond acceptors (Lipinski definition) is 6. The summed E-state index contributed by atoms with van der Waals surface area (Å²) in [6.07, 6.45) is -1.06. The van der Waals surface area contributed by atoms with E-state index in [9.17, 15) is 9.13 Å². The topological polar surface area (TPSA) is 82.1 Å². The molecule has 1 heterocycles. The zero-order chi connectivity index (χ0) is 7.56. The minimum atomic E-state index is -2.70. The molecule has 13 heteroatoms. The van der Waals surface area contributed by atoms with Crippen LogP contribution in [0.5, 0.6) is 0 Å². The Kier molecular flexibility index (Phi) is 41.6. The fourth-order valence-electron chi connectivity index (χ4n) is 0.429. The van der Waals surface area contributed by atoms with Crippen LogP contribution in [0, 0.1) is 0 Å². The van der Waals surface area contributed by atoms with Gasteiger partial charge in [0.15, 0.2) is 6.29 Å². The molecule has 0 amide bonds. The molecule has 0 aliphatic carbocycles. The zero-order valence-electron chi connectivity index (χ0n) is 9.77. The molecule has 0 bridgehead atoms. The summed E-state index contributed by atoms with van der Waals surface area (Å²) in [6, 6.07) is 0. The standard InChI is InChI=1S/C2H6O6P2.5Na/c3-1-2-6-9(4)8-10(5)7-2;;;;;/h2-3,9-10H,1H2;;;;;. The maximum atomic E-state index is 10.4. The SMILES string of the molecule is O=[PH]1OC(CO)O[PH](=O)O1.[Na].[Na].[Na].[Na].[Na]. The zero-order valence-corrected chi connectivity index (χ0v) is 21.8. The van der Waals surface area contributed by atoms with Crippen molar-refractivity contribution >= 4 is 164 Å². The molecule has 1 fully saturated rings. The van der Waals surface area contributed by atoms with Crippen LogP contribution in [0.1, 0.15) is 0 Å². The van der Waals surface area contributed by atoms with Crippen LogP contribution in [0.2, 0.25) is 0 Å². The molecule has 5 radical (unpaired) electrons. The summed E-state index contributed by atoms with van der Waals surface area (Å²) >= 11 is 0. The second kappa shape index (κ2) is 19.3. The van der Waals surface area contributed by atoms with E-state index >= 15 is 0 Å². The molecule has 15 heavy (non-hydrogen) atoms. The van der Waals surface area contributed by atoms with Crippen LogP contribution in [0.4, 0.5) is 0 Å². The van der Waals surface area contributed by atoms with Gasteiger partial charge in [0.25, 0.3) is 0 Å². The summed E-state index contributed by atoms with van der Waals surface area (Å²) < 4.78 is 33.8. The summed E-state index contributed by atoms with van der Waals surface area (Å²) in [5, 5.41) is 8.38. The Balaban J connectivity index is -0.0000000667. The van der Waals surface area contributed by atoms with Crippen LogP contribution < -0.4 is 0 Å². The van der Waals surface area contributed by atoms with Crippen LogP contribution in [-0.4, -0.2) is 166 Å². The quantitative estimate of drug-likeness (QED) is 0.457.